The maximum absolute atomic E-state index is 11.9. The van der Waals surface area contributed by atoms with E-state index in [2.05, 4.69) is 0 Å². The molecule has 0 aromatic heterocycles. The molecule has 20 heavy (non-hydrogen) atoms. The lowest BCUT2D eigenvalue weighted by Crippen LogP contribution is -2.42. The maximum atomic E-state index is 11.9. The smallest absolute Gasteiger partial charge is 0.326 e. The predicted octanol–water partition coefficient (Wildman–Crippen LogP) is 0.250. The van der Waals surface area contributed by atoms with Gasteiger partial charge in [0.1, 0.15) is 12.6 Å². The van der Waals surface area contributed by atoms with Gasteiger partial charge in [-0.25, -0.2) is 4.79 Å². The third-order valence-corrected chi connectivity index (χ3v) is 3.22. The second-order valence-electron chi connectivity index (χ2n) is 4.77. The third-order valence-electron chi connectivity index (χ3n) is 3.22. The number of aliphatic hydroxyl groups is 1. The summed E-state index contributed by atoms with van der Waals surface area (Å²) in [6.45, 7) is 0.149. The fourth-order valence-electron chi connectivity index (χ4n) is 2.24. The van der Waals surface area contributed by atoms with E-state index in [1.54, 1.807) is 0 Å². The zero-order valence-corrected chi connectivity index (χ0v) is 10.9. The number of likely N-dealkylation sites (tertiary alicyclic amines) is 1. The molecule has 0 aliphatic carbocycles. The maximum Gasteiger partial charge on any atom is 0.326 e. The van der Waals surface area contributed by atoms with Crippen molar-refractivity contribution in [3.05, 3.63) is 35.9 Å². The Kier molecular flexibility index (Phi) is 4.70. The van der Waals surface area contributed by atoms with Crippen molar-refractivity contribution < 1.29 is 24.5 Å². The number of ether oxygens (including phenoxy) is 1. The van der Waals surface area contributed by atoms with Gasteiger partial charge < -0.3 is 19.8 Å². The van der Waals surface area contributed by atoms with Gasteiger partial charge in [-0.15, -0.1) is 0 Å². The van der Waals surface area contributed by atoms with Crippen molar-refractivity contribution in [3.8, 4) is 0 Å². The molecule has 1 aromatic rings. The zero-order chi connectivity index (χ0) is 14.5. The standard InChI is InChI=1S/C14H17NO5/c16-11-6-12(14(18)19)15(7-11)13(17)9-20-8-10-4-2-1-3-5-10/h1-5,11-12,16H,6-9H2,(H,18,19)/t11-,12-/m0/s1. The second kappa shape index (κ2) is 6.49. The lowest BCUT2D eigenvalue weighted by atomic mass is 10.2. The first-order chi connectivity index (χ1) is 9.58. The molecule has 1 aliphatic heterocycles. The lowest BCUT2D eigenvalue weighted by Gasteiger charge is -2.20. The Labute approximate surface area is 116 Å². The van der Waals surface area contributed by atoms with E-state index in [0.29, 0.717) is 6.61 Å². The Morgan fingerprint density at radius 3 is 2.65 bits per heavy atom. The van der Waals surface area contributed by atoms with Gasteiger partial charge in [-0.2, -0.15) is 0 Å². The molecule has 1 saturated heterocycles. The number of carbonyl (C=O) groups excluding carboxylic acids is 1. The van der Waals surface area contributed by atoms with Gasteiger partial charge >= 0.3 is 5.97 Å². The van der Waals surface area contributed by atoms with E-state index in [-0.39, 0.29) is 19.6 Å². The fourth-order valence-corrected chi connectivity index (χ4v) is 2.24. The summed E-state index contributed by atoms with van der Waals surface area (Å²) in [6.07, 6.45) is -0.714. The molecule has 0 saturated carbocycles. The average Bonchev–Trinajstić information content (AvgIpc) is 2.82. The van der Waals surface area contributed by atoms with E-state index in [0.717, 1.165) is 10.5 Å². The summed E-state index contributed by atoms with van der Waals surface area (Å²) >= 11 is 0. The molecule has 6 nitrogen and oxygen atoms in total. The van der Waals surface area contributed by atoms with Gasteiger partial charge in [-0.3, -0.25) is 4.79 Å². The lowest BCUT2D eigenvalue weighted by molar-refractivity contribution is -0.150. The van der Waals surface area contributed by atoms with E-state index in [1.807, 2.05) is 30.3 Å². The highest BCUT2D eigenvalue weighted by Gasteiger charge is 2.38. The number of aliphatic hydroxyl groups excluding tert-OH is 1. The highest BCUT2D eigenvalue weighted by Crippen LogP contribution is 2.18. The van der Waals surface area contributed by atoms with E-state index in [9.17, 15) is 14.7 Å². The number of carboxylic acid groups (broad SMARTS) is 1. The van der Waals surface area contributed by atoms with Gasteiger partial charge in [0.2, 0.25) is 5.91 Å². The highest BCUT2D eigenvalue weighted by molar-refractivity contribution is 5.85. The molecule has 0 spiro atoms. The van der Waals surface area contributed by atoms with Crippen LogP contribution in [0.5, 0.6) is 0 Å². The number of β-amino-alcohol motifs (C(OH)–C–C–N with tert-alkyl or cyclic N) is 1. The summed E-state index contributed by atoms with van der Waals surface area (Å²) in [5.74, 6) is -1.51. The molecule has 1 amide bonds. The minimum Gasteiger partial charge on any atom is -0.480 e. The van der Waals surface area contributed by atoms with Crippen LogP contribution >= 0.6 is 0 Å². The molecule has 6 heteroatoms. The minimum atomic E-state index is -1.10. The Balaban J connectivity index is 1.84. The van der Waals surface area contributed by atoms with Crippen LogP contribution < -0.4 is 0 Å². The molecule has 2 N–H and O–H groups in total. The Bertz CT molecular complexity index is 476. The van der Waals surface area contributed by atoms with E-state index in [4.69, 9.17) is 9.84 Å². The number of carboxylic acids is 1. The molecule has 0 unspecified atom stereocenters. The summed E-state index contributed by atoms with van der Waals surface area (Å²) in [7, 11) is 0. The molecule has 2 rings (SSSR count). The van der Waals surface area contributed by atoms with Gasteiger partial charge in [0.25, 0.3) is 0 Å². The molecule has 1 aliphatic rings. The van der Waals surface area contributed by atoms with Gasteiger partial charge in [0.15, 0.2) is 0 Å². The topological polar surface area (TPSA) is 87.1 Å². The summed E-state index contributed by atoms with van der Waals surface area (Å²) in [5, 5.41) is 18.5. The van der Waals surface area contributed by atoms with Crippen LogP contribution in [0.2, 0.25) is 0 Å². The van der Waals surface area contributed by atoms with Crippen molar-refractivity contribution in [3.63, 3.8) is 0 Å². The minimum absolute atomic E-state index is 0.0461. The summed E-state index contributed by atoms with van der Waals surface area (Å²) in [4.78, 5) is 24.1. The van der Waals surface area contributed by atoms with Crippen molar-refractivity contribution in [2.24, 2.45) is 0 Å². The average molecular weight is 279 g/mol. The summed E-state index contributed by atoms with van der Waals surface area (Å²) in [6, 6.07) is 8.43. The van der Waals surface area contributed by atoms with Crippen LogP contribution in [-0.4, -0.2) is 52.3 Å². The predicted molar refractivity (Wildman–Crippen MR) is 69.9 cm³/mol. The highest BCUT2D eigenvalue weighted by atomic mass is 16.5. The molecule has 2 atom stereocenters. The van der Waals surface area contributed by atoms with Crippen LogP contribution in [0.1, 0.15) is 12.0 Å². The number of aliphatic carboxylic acids is 1. The number of carbonyl (C=O) groups is 2. The van der Waals surface area contributed by atoms with E-state index >= 15 is 0 Å². The van der Waals surface area contributed by atoms with Crippen LogP contribution in [0.25, 0.3) is 0 Å². The molecule has 1 heterocycles. The first-order valence-corrected chi connectivity index (χ1v) is 6.40. The quantitative estimate of drug-likeness (QED) is 0.806. The SMILES string of the molecule is O=C(O)[C@@H]1C[C@H](O)CN1C(=O)COCc1ccccc1. The number of hydrogen-bond acceptors (Lipinski definition) is 4. The van der Waals surface area contributed by atoms with Gasteiger partial charge in [-0.1, -0.05) is 30.3 Å². The number of nitrogens with zero attached hydrogens (tertiary/aromatic N) is 1. The Hall–Kier alpha value is -1.92. The van der Waals surface area contributed by atoms with Crippen molar-refractivity contribution in [1.82, 2.24) is 4.90 Å². The zero-order valence-electron chi connectivity index (χ0n) is 10.9. The normalized spacial score (nSPS) is 21.9. The molecular formula is C14H17NO5. The number of hydrogen-bond donors (Lipinski definition) is 2. The largest absolute Gasteiger partial charge is 0.480 e. The van der Waals surface area contributed by atoms with Crippen molar-refractivity contribution in [2.75, 3.05) is 13.2 Å². The van der Waals surface area contributed by atoms with E-state index in [1.165, 1.54) is 0 Å². The van der Waals surface area contributed by atoms with Crippen molar-refractivity contribution in [2.45, 2.75) is 25.2 Å². The van der Waals surface area contributed by atoms with Crippen molar-refractivity contribution in [1.29, 1.82) is 0 Å². The van der Waals surface area contributed by atoms with Crippen LogP contribution in [0.4, 0.5) is 0 Å². The monoisotopic (exact) mass is 279 g/mol. The molecule has 108 valence electrons. The van der Waals surface area contributed by atoms with Crippen LogP contribution in [0, 0.1) is 0 Å². The fraction of sp³-hybridized carbons (Fsp3) is 0.429. The summed E-state index contributed by atoms with van der Waals surface area (Å²) < 4.78 is 5.29. The number of rotatable bonds is 5. The van der Waals surface area contributed by atoms with Gasteiger partial charge in [-0.05, 0) is 5.56 Å². The molecule has 1 fully saturated rings. The second-order valence-corrected chi connectivity index (χ2v) is 4.77. The molecule has 1 aromatic carbocycles. The molecular weight excluding hydrogens is 262 g/mol. The van der Waals surface area contributed by atoms with E-state index < -0.39 is 24.0 Å². The number of amides is 1. The first kappa shape index (κ1) is 14.5. The van der Waals surface area contributed by atoms with Crippen molar-refractivity contribution >= 4 is 11.9 Å². The molecule has 0 bridgehead atoms. The Morgan fingerprint density at radius 2 is 2.00 bits per heavy atom. The van der Waals surface area contributed by atoms with Gasteiger partial charge in [0.05, 0.1) is 12.7 Å². The first-order valence-electron chi connectivity index (χ1n) is 6.40. The third kappa shape index (κ3) is 3.55. The molecule has 0 radical (unpaired) electrons. The van der Waals surface area contributed by atoms with Gasteiger partial charge in [0, 0.05) is 13.0 Å². The Morgan fingerprint density at radius 1 is 1.30 bits per heavy atom. The summed E-state index contributed by atoms with van der Waals surface area (Å²) in [5.41, 5.74) is 0.941. The van der Waals surface area contributed by atoms with Crippen LogP contribution in [-0.2, 0) is 20.9 Å². The number of benzene rings is 1. The van der Waals surface area contributed by atoms with Crippen LogP contribution in [0.15, 0.2) is 30.3 Å². The van der Waals surface area contributed by atoms with Crippen LogP contribution in [0.3, 0.4) is 0 Å².